The summed E-state index contributed by atoms with van der Waals surface area (Å²) in [5.41, 5.74) is 10.4. The molecule has 18 heavy (non-hydrogen) atoms. The van der Waals surface area contributed by atoms with E-state index in [2.05, 4.69) is 10.3 Å². The van der Waals surface area contributed by atoms with Crippen molar-refractivity contribution in [1.82, 2.24) is 10.3 Å². The molecule has 0 unspecified atom stereocenters. The lowest BCUT2D eigenvalue weighted by Gasteiger charge is -2.06. The fourth-order valence-electron chi connectivity index (χ4n) is 1.11. The molecule has 0 fully saturated rings. The molecule has 0 bridgehead atoms. The fraction of sp³-hybridized carbons (Fsp3) is 0.300. The van der Waals surface area contributed by atoms with Gasteiger partial charge < -0.3 is 21.5 Å². The lowest BCUT2D eigenvalue weighted by Crippen LogP contribution is -2.29. The number of anilines is 1. The Morgan fingerprint density at radius 1 is 1.44 bits per heavy atom. The number of primary amides is 1. The first-order valence-electron chi connectivity index (χ1n) is 5.07. The largest absolute Gasteiger partial charge is 0.384 e. The lowest BCUT2D eigenvalue weighted by molar-refractivity contribution is -0.122. The minimum atomic E-state index is -0.568. The highest BCUT2D eigenvalue weighted by Crippen LogP contribution is 2.14. The van der Waals surface area contributed by atoms with Crippen LogP contribution in [0, 0.1) is 0 Å². The van der Waals surface area contributed by atoms with Crippen LogP contribution in [0.4, 0.5) is 5.82 Å². The van der Waals surface area contributed by atoms with Crippen LogP contribution in [0.3, 0.4) is 0 Å². The van der Waals surface area contributed by atoms with Gasteiger partial charge in [-0.05, 0) is 12.1 Å². The van der Waals surface area contributed by atoms with Crippen molar-refractivity contribution in [3.8, 4) is 0 Å². The molecule has 0 saturated heterocycles. The SMILES string of the molecule is NC(=O)COCCNC(=O)c1nc(N)ccc1Cl. The molecule has 8 heteroatoms. The molecule has 0 aliphatic heterocycles. The molecule has 2 amide bonds. The molecule has 0 atom stereocenters. The Hall–Kier alpha value is -1.86. The van der Waals surface area contributed by atoms with Crippen LogP contribution in [-0.2, 0) is 9.53 Å². The summed E-state index contributed by atoms with van der Waals surface area (Å²) in [6, 6.07) is 2.98. The fourth-order valence-corrected chi connectivity index (χ4v) is 1.30. The highest BCUT2D eigenvalue weighted by atomic mass is 35.5. The average Bonchev–Trinajstić information content (AvgIpc) is 2.31. The van der Waals surface area contributed by atoms with E-state index >= 15 is 0 Å². The van der Waals surface area contributed by atoms with E-state index in [1.807, 2.05) is 0 Å². The van der Waals surface area contributed by atoms with Gasteiger partial charge in [-0.25, -0.2) is 4.98 Å². The first-order valence-corrected chi connectivity index (χ1v) is 5.44. The molecule has 5 N–H and O–H groups in total. The molecule has 0 radical (unpaired) electrons. The molecular formula is C10H13ClN4O3. The van der Waals surface area contributed by atoms with Crippen LogP contribution in [-0.4, -0.2) is 36.6 Å². The summed E-state index contributed by atoms with van der Waals surface area (Å²) < 4.78 is 4.87. The predicted octanol–water partition coefficient (Wildman–Crippen LogP) is -0.451. The number of carbonyl (C=O) groups is 2. The minimum Gasteiger partial charge on any atom is -0.384 e. The summed E-state index contributed by atoms with van der Waals surface area (Å²) in [7, 11) is 0. The minimum absolute atomic E-state index is 0.0477. The van der Waals surface area contributed by atoms with E-state index in [1.54, 1.807) is 0 Å². The van der Waals surface area contributed by atoms with Crippen LogP contribution in [0.25, 0.3) is 0 Å². The number of nitrogens with one attached hydrogen (secondary N) is 1. The highest BCUT2D eigenvalue weighted by Gasteiger charge is 2.11. The van der Waals surface area contributed by atoms with Gasteiger partial charge in [0.05, 0.1) is 11.6 Å². The number of rotatable bonds is 6. The van der Waals surface area contributed by atoms with Crippen molar-refractivity contribution >= 4 is 29.2 Å². The Bertz CT molecular complexity index is 453. The van der Waals surface area contributed by atoms with Crippen molar-refractivity contribution in [3.63, 3.8) is 0 Å². The number of nitrogens with two attached hydrogens (primary N) is 2. The highest BCUT2D eigenvalue weighted by molar-refractivity contribution is 6.33. The second kappa shape index (κ2) is 6.77. The Labute approximate surface area is 108 Å². The van der Waals surface area contributed by atoms with Crippen molar-refractivity contribution in [2.24, 2.45) is 5.73 Å². The van der Waals surface area contributed by atoms with Crippen molar-refractivity contribution in [2.75, 3.05) is 25.5 Å². The van der Waals surface area contributed by atoms with Gasteiger partial charge in [-0.2, -0.15) is 0 Å². The maximum atomic E-state index is 11.7. The Morgan fingerprint density at radius 2 is 2.17 bits per heavy atom. The molecule has 0 aromatic carbocycles. The van der Waals surface area contributed by atoms with Gasteiger partial charge in [0.25, 0.3) is 5.91 Å². The zero-order valence-electron chi connectivity index (χ0n) is 9.48. The molecule has 98 valence electrons. The van der Waals surface area contributed by atoms with E-state index in [-0.39, 0.29) is 36.3 Å². The van der Waals surface area contributed by atoms with E-state index in [4.69, 9.17) is 27.8 Å². The lowest BCUT2D eigenvalue weighted by atomic mass is 10.3. The van der Waals surface area contributed by atoms with Crippen molar-refractivity contribution < 1.29 is 14.3 Å². The zero-order chi connectivity index (χ0) is 13.5. The van der Waals surface area contributed by atoms with Gasteiger partial charge >= 0.3 is 0 Å². The molecule has 1 heterocycles. The normalized spacial score (nSPS) is 10.1. The van der Waals surface area contributed by atoms with Gasteiger partial charge in [-0.15, -0.1) is 0 Å². The molecule has 1 aromatic heterocycles. The second-order valence-corrected chi connectivity index (χ2v) is 3.75. The maximum Gasteiger partial charge on any atom is 0.271 e. The summed E-state index contributed by atoms with van der Waals surface area (Å²) in [5, 5.41) is 2.73. The number of amides is 2. The van der Waals surface area contributed by atoms with Crippen LogP contribution in [0.5, 0.6) is 0 Å². The monoisotopic (exact) mass is 272 g/mol. The first kappa shape index (κ1) is 14.2. The summed E-state index contributed by atoms with van der Waals surface area (Å²) in [4.78, 5) is 25.8. The van der Waals surface area contributed by atoms with Crippen molar-refractivity contribution in [2.45, 2.75) is 0 Å². The predicted molar refractivity (Wildman–Crippen MR) is 66.0 cm³/mol. The Morgan fingerprint density at radius 3 is 2.83 bits per heavy atom. The number of nitrogen functional groups attached to an aromatic ring is 1. The molecule has 1 rings (SSSR count). The van der Waals surface area contributed by atoms with Crippen LogP contribution >= 0.6 is 11.6 Å². The third kappa shape index (κ3) is 4.56. The van der Waals surface area contributed by atoms with Gasteiger partial charge in [0, 0.05) is 6.54 Å². The van der Waals surface area contributed by atoms with E-state index in [0.717, 1.165) is 0 Å². The Kier molecular flexibility index (Phi) is 5.34. The molecule has 0 aliphatic rings. The number of aromatic nitrogens is 1. The molecule has 0 aliphatic carbocycles. The van der Waals surface area contributed by atoms with E-state index < -0.39 is 11.8 Å². The summed E-state index contributed by atoms with van der Waals surface area (Å²) >= 11 is 5.80. The van der Waals surface area contributed by atoms with E-state index in [9.17, 15) is 9.59 Å². The summed E-state index contributed by atoms with van der Waals surface area (Å²) in [6.45, 7) is 0.181. The topological polar surface area (TPSA) is 120 Å². The van der Waals surface area contributed by atoms with Gasteiger partial charge in [0.2, 0.25) is 5.91 Å². The summed E-state index contributed by atoms with van der Waals surface area (Å²) in [5.74, 6) is -0.827. The molecule has 0 spiro atoms. The smallest absolute Gasteiger partial charge is 0.271 e. The Balaban J connectivity index is 2.41. The van der Waals surface area contributed by atoms with E-state index in [1.165, 1.54) is 12.1 Å². The second-order valence-electron chi connectivity index (χ2n) is 3.34. The van der Waals surface area contributed by atoms with Crippen LogP contribution < -0.4 is 16.8 Å². The number of nitrogens with zero attached hydrogens (tertiary/aromatic N) is 1. The third-order valence-corrected chi connectivity index (χ3v) is 2.16. The molecule has 1 aromatic rings. The third-order valence-electron chi connectivity index (χ3n) is 1.86. The quantitative estimate of drug-likeness (QED) is 0.606. The van der Waals surface area contributed by atoms with Crippen molar-refractivity contribution in [1.29, 1.82) is 0 Å². The van der Waals surface area contributed by atoms with Gasteiger partial charge in [0.1, 0.15) is 18.1 Å². The number of hydrogen-bond acceptors (Lipinski definition) is 5. The molecular weight excluding hydrogens is 260 g/mol. The maximum absolute atomic E-state index is 11.7. The standard InChI is InChI=1S/C10H13ClN4O3/c11-6-1-2-7(12)15-9(6)10(17)14-3-4-18-5-8(13)16/h1-2H,3-5H2,(H2,12,15)(H2,13,16)(H,14,17). The van der Waals surface area contributed by atoms with E-state index in [0.29, 0.717) is 0 Å². The first-order chi connectivity index (χ1) is 8.50. The number of halogens is 1. The number of carbonyl (C=O) groups excluding carboxylic acids is 2. The molecule has 0 saturated carbocycles. The van der Waals surface area contributed by atoms with Gasteiger partial charge in [0.15, 0.2) is 0 Å². The van der Waals surface area contributed by atoms with Gasteiger partial charge in [-0.3, -0.25) is 9.59 Å². The van der Waals surface area contributed by atoms with Crippen molar-refractivity contribution in [3.05, 3.63) is 22.8 Å². The van der Waals surface area contributed by atoms with Crippen LogP contribution in [0.15, 0.2) is 12.1 Å². The molecule has 7 nitrogen and oxygen atoms in total. The number of ether oxygens (including phenoxy) is 1. The summed E-state index contributed by atoms with van der Waals surface area (Å²) in [6.07, 6.45) is 0. The average molecular weight is 273 g/mol. The van der Waals surface area contributed by atoms with Crippen LogP contribution in [0.2, 0.25) is 5.02 Å². The van der Waals surface area contributed by atoms with Crippen LogP contribution in [0.1, 0.15) is 10.5 Å². The number of hydrogen-bond donors (Lipinski definition) is 3. The number of pyridine rings is 1. The van der Waals surface area contributed by atoms with Gasteiger partial charge in [-0.1, -0.05) is 11.6 Å². The zero-order valence-corrected chi connectivity index (χ0v) is 10.2.